The van der Waals surface area contributed by atoms with Crippen LogP contribution < -0.4 is 52.4 Å². The molecule has 0 unspecified atom stereocenters. The number of benzene rings is 17. The quantitative estimate of drug-likeness (QED) is 0.111. The summed E-state index contributed by atoms with van der Waals surface area (Å²) in [5, 5.41) is 9.91. The highest BCUT2D eigenvalue weighted by Gasteiger charge is 2.48. The number of anilines is 12. The minimum absolute atomic E-state index is 0.110. The van der Waals surface area contributed by atoms with Gasteiger partial charge in [-0.15, -0.1) is 0 Å². The van der Waals surface area contributed by atoms with Gasteiger partial charge in [-0.1, -0.05) is 273 Å². The van der Waals surface area contributed by atoms with E-state index in [9.17, 15) is 0 Å². The van der Waals surface area contributed by atoms with Crippen LogP contribution in [0, 0.1) is 0 Å². The van der Waals surface area contributed by atoms with E-state index in [0.717, 1.165) is 45.5 Å². The summed E-state index contributed by atoms with van der Waals surface area (Å²) in [5.41, 5.74) is 31.3. The van der Waals surface area contributed by atoms with Crippen molar-refractivity contribution >= 4 is 158 Å². The van der Waals surface area contributed by atoms with Gasteiger partial charge in [0.25, 0.3) is 13.4 Å². The summed E-state index contributed by atoms with van der Waals surface area (Å²) >= 11 is 0. The number of rotatable bonds is 8. The van der Waals surface area contributed by atoms with E-state index in [1.807, 2.05) is 0 Å². The number of hydrogen-bond acceptors (Lipinski definition) is 4. The Kier molecular flexibility index (Phi) is 12.6. The normalized spacial score (nSPS) is 13.1. The smallest absolute Gasteiger partial charge is 0.252 e. The van der Waals surface area contributed by atoms with Gasteiger partial charge in [-0.05, 0) is 211 Å². The lowest BCUT2D eigenvalue weighted by Gasteiger charge is -2.47. The molecule has 17 aromatic rings. The zero-order valence-corrected chi connectivity index (χ0v) is 54.6. The van der Waals surface area contributed by atoms with E-state index in [-0.39, 0.29) is 13.4 Å². The third kappa shape index (κ3) is 8.31. The molecule has 0 amide bonds. The molecule has 6 heteroatoms. The highest BCUT2D eigenvalue weighted by atomic mass is 15.2. The Hall–Kier alpha value is -12.9. The van der Waals surface area contributed by atoms with E-state index in [1.165, 1.54) is 143 Å². The van der Waals surface area contributed by atoms with Crippen molar-refractivity contribution in [1.29, 1.82) is 0 Å². The molecular formula is C94H60B2N4. The summed E-state index contributed by atoms with van der Waals surface area (Å²) in [4.78, 5) is 10.2. The van der Waals surface area contributed by atoms with Gasteiger partial charge in [0.15, 0.2) is 0 Å². The van der Waals surface area contributed by atoms with Gasteiger partial charge in [0.05, 0.1) is 0 Å². The van der Waals surface area contributed by atoms with E-state index in [2.05, 4.69) is 384 Å². The summed E-state index contributed by atoms with van der Waals surface area (Å²) in [5.74, 6) is 0. The number of fused-ring (bicyclic) bond motifs is 12. The Morgan fingerprint density at radius 2 is 0.400 bits per heavy atom. The summed E-state index contributed by atoms with van der Waals surface area (Å²) < 4.78 is 0. The molecule has 17 aromatic carbocycles. The van der Waals surface area contributed by atoms with Gasteiger partial charge in [0, 0.05) is 68.2 Å². The molecule has 0 saturated carbocycles. The molecule has 0 bridgehead atoms. The van der Waals surface area contributed by atoms with Gasteiger partial charge in [0.1, 0.15) is 0 Å². The Morgan fingerprint density at radius 1 is 0.160 bits per heavy atom. The standard InChI is InChI=1S/C94H60B2N4/c1-5-27-61(28-6-1)89-69-35-13-17-39-73(69)91(74-40-18-14-36-70(74)89)63-51-55-67(56-52-63)99-85-49-25-47-83-93(85)95(77-43-21-23-45-81(77)97(83)65-31-9-3-10-32-65)79-59-80-88(60-87(79)99)100(86-50-26-48-84-94(86)96(80)78-44-22-24-46-82(78)98(84)66-33-11-4-12-34-66)68-57-53-64(54-58-68)92-75-41-19-15-37-71(75)90(62-29-7-2-8-30-62)72-38-16-20-42-76(72)92/h1-60H. The fourth-order valence-corrected chi connectivity index (χ4v) is 17.8. The first kappa shape index (κ1) is 56.3. The third-order valence-electron chi connectivity index (χ3n) is 21.8. The topological polar surface area (TPSA) is 13.0 Å². The average Bonchev–Trinajstić information content (AvgIpc) is 0.686. The monoisotopic (exact) mass is 1270 g/mol. The molecule has 4 aliphatic rings. The van der Waals surface area contributed by atoms with Crippen LogP contribution in [-0.4, -0.2) is 13.4 Å². The minimum Gasteiger partial charge on any atom is -0.311 e. The molecule has 21 rings (SSSR count). The average molecular weight is 1270 g/mol. The molecule has 0 aromatic heterocycles. The Bertz CT molecular complexity index is 5690. The Morgan fingerprint density at radius 3 is 0.720 bits per heavy atom. The zero-order valence-electron chi connectivity index (χ0n) is 54.6. The van der Waals surface area contributed by atoms with Gasteiger partial charge in [0.2, 0.25) is 0 Å². The molecule has 0 N–H and O–H groups in total. The van der Waals surface area contributed by atoms with Crippen LogP contribution in [0.1, 0.15) is 0 Å². The minimum atomic E-state index is -0.110. The van der Waals surface area contributed by atoms with Crippen molar-refractivity contribution in [3.8, 4) is 44.5 Å². The first-order chi connectivity index (χ1) is 49.7. The summed E-state index contributed by atoms with van der Waals surface area (Å²) in [6.07, 6.45) is 0. The lowest BCUT2D eigenvalue weighted by atomic mass is 9.30. The maximum Gasteiger partial charge on any atom is 0.252 e. The van der Waals surface area contributed by atoms with E-state index in [4.69, 9.17) is 0 Å². The highest BCUT2D eigenvalue weighted by molar-refractivity contribution is 7.03. The molecule has 0 saturated heterocycles. The van der Waals surface area contributed by atoms with Crippen LogP contribution >= 0.6 is 0 Å². The molecule has 4 aliphatic heterocycles. The summed E-state index contributed by atoms with van der Waals surface area (Å²) in [6.45, 7) is -0.220. The van der Waals surface area contributed by atoms with E-state index in [0.29, 0.717) is 0 Å². The molecule has 0 fully saturated rings. The van der Waals surface area contributed by atoms with E-state index < -0.39 is 0 Å². The molecular weight excluding hydrogens is 1210 g/mol. The van der Waals surface area contributed by atoms with Gasteiger partial charge < -0.3 is 19.6 Å². The summed E-state index contributed by atoms with van der Waals surface area (Å²) in [7, 11) is 0. The first-order valence-electron chi connectivity index (χ1n) is 34.8. The second kappa shape index (κ2) is 22.3. The van der Waals surface area contributed by atoms with Crippen molar-refractivity contribution in [1.82, 2.24) is 0 Å². The first-order valence-corrected chi connectivity index (χ1v) is 34.8. The van der Waals surface area contributed by atoms with Crippen molar-refractivity contribution in [2.24, 2.45) is 0 Å². The fraction of sp³-hybridized carbons (Fsp3) is 0. The lowest BCUT2D eigenvalue weighted by Crippen LogP contribution is -2.65. The molecule has 0 atom stereocenters. The maximum absolute atomic E-state index is 2.64. The molecule has 0 radical (unpaired) electrons. The molecule has 4 heterocycles. The second-order valence-electron chi connectivity index (χ2n) is 26.9. The van der Waals surface area contributed by atoms with Crippen LogP contribution in [-0.2, 0) is 0 Å². The Labute approximate surface area is 582 Å². The van der Waals surface area contributed by atoms with Crippen LogP contribution in [0.15, 0.2) is 364 Å². The Balaban J connectivity index is 0.813. The van der Waals surface area contributed by atoms with Crippen molar-refractivity contribution in [2.75, 3.05) is 19.6 Å². The van der Waals surface area contributed by atoms with Crippen molar-refractivity contribution in [3.63, 3.8) is 0 Å². The lowest BCUT2D eigenvalue weighted by molar-refractivity contribution is 1.23. The van der Waals surface area contributed by atoms with Crippen LogP contribution in [0.5, 0.6) is 0 Å². The predicted octanol–water partition coefficient (Wildman–Crippen LogP) is 21.1. The number of para-hydroxylation sites is 4. The van der Waals surface area contributed by atoms with E-state index >= 15 is 0 Å². The molecule has 0 spiro atoms. The van der Waals surface area contributed by atoms with E-state index in [1.54, 1.807) is 0 Å². The third-order valence-corrected chi connectivity index (χ3v) is 21.8. The van der Waals surface area contributed by atoms with Crippen molar-refractivity contribution in [3.05, 3.63) is 364 Å². The van der Waals surface area contributed by atoms with Crippen LogP contribution in [0.3, 0.4) is 0 Å². The largest absolute Gasteiger partial charge is 0.311 e. The molecule has 4 nitrogen and oxygen atoms in total. The SMILES string of the molecule is c1ccc(-c2c3ccccc3c(-c3ccc(N4c5cc6c(cc5B5c7ccccc7N(c7ccccc7)c7cccc4c75)B4c5ccccc5N(c5ccccc5)c5cccc(c54)N6c4ccc(-c5c6ccccc6c(-c6ccccc6)c6ccccc56)cc4)cc3)c3ccccc23)cc1. The fourth-order valence-electron chi connectivity index (χ4n) is 17.8. The van der Waals surface area contributed by atoms with Gasteiger partial charge in [-0.2, -0.15) is 0 Å². The number of hydrogen-bond donors (Lipinski definition) is 0. The number of nitrogens with zero attached hydrogens (tertiary/aromatic N) is 4. The van der Waals surface area contributed by atoms with Crippen molar-refractivity contribution < 1.29 is 0 Å². The van der Waals surface area contributed by atoms with Gasteiger partial charge in [-0.3, -0.25) is 0 Å². The van der Waals surface area contributed by atoms with Crippen molar-refractivity contribution in [2.45, 2.75) is 0 Å². The predicted molar refractivity (Wildman–Crippen MR) is 426 cm³/mol. The molecule has 462 valence electrons. The highest BCUT2D eigenvalue weighted by Crippen LogP contribution is 2.52. The van der Waals surface area contributed by atoms with Gasteiger partial charge in [-0.25, -0.2) is 0 Å². The van der Waals surface area contributed by atoms with Gasteiger partial charge >= 0.3 is 0 Å². The molecule has 0 aliphatic carbocycles. The van der Waals surface area contributed by atoms with Crippen LogP contribution in [0.4, 0.5) is 68.2 Å². The van der Waals surface area contributed by atoms with Crippen LogP contribution in [0.25, 0.3) is 87.6 Å². The zero-order chi connectivity index (χ0) is 65.5. The van der Waals surface area contributed by atoms with Crippen LogP contribution in [0.2, 0.25) is 0 Å². The maximum atomic E-state index is 2.64. The second-order valence-corrected chi connectivity index (χ2v) is 26.9. The summed E-state index contributed by atoms with van der Waals surface area (Å²) in [6, 6.07) is 136. The molecule has 100 heavy (non-hydrogen) atoms.